The number of halogens is 6. The summed E-state index contributed by atoms with van der Waals surface area (Å²) in [6.07, 6.45) is -5.06. The van der Waals surface area contributed by atoms with Gasteiger partial charge in [0.1, 0.15) is 16.4 Å². The van der Waals surface area contributed by atoms with Gasteiger partial charge < -0.3 is 4.52 Å². The van der Waals surface area contributed by atoms with Crippen LogP contribution in [0.2, 0.25) is 0 Å². The topological polar surface area (TPSA) is 86.2 Å². The minimum Gasteiger partial charge on any atom is -0.350 e. The third-order valence-electron chi connectivity index (χ3n) is 3.67. The molecule has 1 heterocycles. The van der Waals surface area contributed by atoms with Crippen LogP contribution in [0.3, 0.4) is 0 Å². The number of benzene rings is 2. The maximum absolute atomic E-state index is 14.1. The third kappa shape index (κ3) is 3.60. The smallest absolute Gasteiger partial charge is 0.350 e. The lowest BCUT2D eigenvalue weighted by Gasteiger charge is -2.09. The molecule has 0 unspecified atom stereocenters. The molecule has 1 aromatic heterocycles. The van der Waals surface area contributed by atoms with Gasteiger partial charge >= 0.3 is 6.18 Å². The lowest BCUT2D eigenvalue weighted by Crippen LogP contribution is -2.14. The minimum atomic E-state index is -5.06. The molecule has 0 fully saturated rings. The van der Waals surface area contributed by atoms with E-state index < -0.39 is 61.1 Å². The molecule has 0 spiro atoms. The fourth-order valence-corrected chi connectivity index (χ4v) is 3.07. The predicted molar refractivity (Wildman–Crippen MR) is 83.6 cm³/mol. The summed E-state index contributed by atoms with van der Waals surface area (Å²) >= 11 is 0. The van der Waals surface area contributed by atoms with Crippen molar-refractivity contribution >= 4 is 10.0 Å². The summed E-state index contributed by atoms with van der Waals surface area (Å²) in [5, 5.41) is 8.07. The van der Waals surface area contributed by atoms with Crippen molar-refractivity contribution in [3.05, 3.63) is 59.6 Å². The second-order valence-electron chi connectivity index (χ2n) is 5.55. The van der Waals surface area contributed by atoms with Crippen molar-refractivity contribution in [2.45, 2.75) is 11.1 Å². The number of rotatable bonds is 3. The van der Waals surface area contributed by atoms with Crippen molar-refractivity contribution in [3.8, 4) is 22.4 Å². The number of nitrogens with zero attached hydrogens (tertiary/aromatic N) is 1. The van der Waals surface area contributed by atoms with Gasteiger partial charge in [-0.3, -0.25) is 0 Å². The number of aromatic nitrogens is 1. The summed E-state index contributed by atoms with van der Waals surface area (Å²) in [5.41, 5.74) is -2.06. The highest BCUT2D eigenvalue weighted by atomic mass is 32.2. The Morgan fingerprint density at radius 1 is 0.893 bits per heavy atom. The monoisotopic (exact) mass is 422 g/mol. The van der Waals surface area contributed by atoms with E-state index in [9.17, 15) is 34.8 Å². The highest BCUT2D eigenvalue weighted by Gasteiger charge is 2.41. The van der Waals surface area contributed by atoms with Crippen molar-refractivity contribution in [1.82, 2.24) is 5.16 Å². The number of primary sulfonamides is 1. The van der Waals surface area contributed by atoms with Crippen LogP contribution in [0.1, 0.15) is 5.76 Å². The van der Waals surface area contributed by atoms with E-state index in [0.29, 0.717) is 24.3 Å². The molecule has 2 N–H and O–H groups in total. The molecular weight excluding hydrogens is 414 g/mol. The number of hydrogen-bond donors (Lipinski definition) is 1. The van der Waals surface area contributed by atoms with Crippen LogP contribution in [0.15, 0.2) is 45.8 Å². The van der Waals surface area contributed by atoms with E-state index in [2.05, 4.69) is 9.68 Å². The van der Waals surface area contributed by atoms with Gasteiger partial charge in [0, 0.05) is 5.56 Å². The van der Waals surface area contributed by atoms with Crippen LogP contribution in [0, 0.1) is 17.5 Å². The fourth-order valence-electron chi connectivity index (χ4n) is 2.48. The zero-order valence-corrected chi connectivity index (χ0v) is 14.2. The van der Waals surface area contributed by atoms with E-state index in [1.54, 1.807) is 0 Å². The molecule has 0 bridgehead atoms. The van der Waals surface area contributed by atoms with E-state index in [1.165, 1.54) is 0 Å². The van der Waals surface area contributed by atoms with Crippen LogP contribution in [-0.4, -0.2) is 13.6 Å². The minimum absolute atomic E-state index is 0.274. The van der Waals surface area contributed by atoms with Gasteiger partial charge in [0.2, 0.25) is 15.8 Å². The Hall–Kier alpha value is -2.86. The van der Waals surface area contributed by atoms with Gasteiger partial charge in [0.25, 0.3) is 0 Å². The predicted octanol–water partition coefficient (Wildman–Crippen LogP) is 4.09. The van der Waals surface area contributed by atoms with E-state index in [-0.39, 0.29) is 5.56 Å². The summed E-state index contributed by atoms with van der Waals surface area (Å²) < 4.78 is 108. The van der Waals surface area contributed by atoms with Gasteiger partial charge in [-0.15, -0.1) is 0 Å². The Morgan fingerprint density at radius 3 is 2.04 bits per heavy atom. The van der Waals surface area contributed by atoms with Gasteiger partial charge in [-0.2, -0.15) is 13.2 Å². The molecule has 0 saturated carbocycles. The van der Waals surface area contributed by atoms with Gasteiger partial charge in [-0.05, 0) is 35.9 Å². The Balaban J connectivity index is 2.28. The Bertz CT molecular complexity index is 1170. The van der Waals surface area contributed by atoms with Crippen molar-refractivity contribution < 1.29 is 39.3 Å². The molecule has 0 amide bonds. The molecule has 2 aromatic carbocycles. The van der Waals surface area contributed by atoms with Crippen LogP contribution >= 0.6 is 0 Å². The first-order chi connectivity index (χ1) is 12.9. The Labute approximate surface area is 153 Å². The van der Waals surface area contributed by atoms with Crippen molar-refractivity contribution in [3.63, 3.8) is 0 Å². The van der Waals surface area contributed by atoms with E-state index in [1.807, 2.05) is 0 Å². The van der Waals surface area contributed by atoms with Gasteiger partial charge in [0.05, 0.1) is 5.56 Å². The summed E-state index contributed by atoms with van der Waals surface area (Å²) in [5.74, 6) is -5.63. The summed E-state index contributed by atoms with van der Waals surface area (Å²) in [6, 6.07) is 4.23. The SMILES string of the molecule is NS(=O)(=O)c1ccc(-c2c(-c3ccc(F)c(F)c3)noc2C(F)(F)F)cc1F. The van der Waals surface area contributed by atoms with Crippen LogP contribution in [0.5, 0.6) is 0 Å². The highest BCUT2D eigenvalue weighted by Crippen LogP contribution is 2.43. The summed E-state index contributed by atoms with van der Waals surface area (Å²) in [7, 11) is -4.46. The molecule has 0 saturated heterocycles. The molecule has 0 atom stereocenters. The van der Waals surface area contributed by atoms with Crippen molar-refractivity contribution in [1.29, 1.82) is 0 Å². The average Bonchev–Trinajstić information content (AvgIpc) is 3.01. The molecule has 28 heavy (non-hydrogen) atoms. The zero-order valence-electron chi connectivity index (χ0n) is 13.4. The van der Waals surface area contributed by atoms with Crippen LogP contribution in [0.4, 0.5) is 26.3 Å². The Morgan fingerprint density at radius 2 is 1.50 bits per heavy atom. The first-order valence-electron chi connectivity index (χ1n) is 7.24. The molecule has 148 valence electrons. The fraction of sp³-hybridized carbons (Fsp3) is 0.0625. The molecular formula is C16H8F6N2O3S. The number of nitrogens with two attached hydrogens (primary N) is 1. The summed E-state index contributed by atoms with van der Waals surface area (Å²) in [4.78, 5) is -0.935. The number of alkyl halides is 3. The van der Waals surface area contributed by atoms with Crippen LogP contribution in [-0.2, 0) is 16.2 Å². The molecule has 0 aliphatic carbocycles. The average molecular weight is 422 g/mol. The highest BCUT2D eigenvalue weighted by molar-refractivity contribution is 7.89. The van der Waals surface area contributed by atoms with Gasteiger partial charge in [-0.25, -0.2) is 26.7 Å². The lowest BCUT2D eigenvalue weighted by atomic mass is 9.98. The normalized spacial score (nSPS) is 12.4. The molecule has 0 aliphatic rings. The standard InChI is InChI=1S/C16H8F6N2O3S/c17-9-3-1-8(6-10(9)18)14-13(15(27-24-14)16(20,21)22)7-2-4-12(11(19)5-7)28(23,25)26/h1-6H,(H2,23,25,26). The van der Waals surface area contributed by atoms with E-state index >= 15 is 0 Å². The Kier molecular flexibility index (Phi) is 4.71. The maximum atomic E-state index is 14.1. The first kappa shape index (κ1) is 19.9. The first-order valence-corrected chi connectivity index (χ1v) is 8.79. The number of hydrogen-bond acceptors (Lipinski definition) is 4. The second kappa shape index (κ2) is 6.63. The van der Waals surface area contributed by atoms with Crippen LogP contribution < -0.4 is 5.14 Å². The van der Waals surface area contributed by atoms with Gasteiger partial charge in [-0.1, -0.05) is 11.2 Å². The molecule has 0 aliphatic heterocycles. The quantitative estimate of drug-likeness (QED) is 0.645. The van der Waals surface area contributed by atoms with Gasteiger partial charge in [0.15, 0.2) is 11.6 Å². The second-order valence-corrected chi connectivity index (χ2v) is 7.08. The molecule has 5 nitrogen and oxygen atoms in total. The van der Waals surface area contributed by atoms with Crippen molar-refractivity contribution in [2.24, 2.45) is 5.14 Å². The van der Waals surface area contributed by atoms with Crippen LogP contribution in [0.25, 0.3) is 22.4 Å². The number of sulfonamides is 1. The maximum Gasteiger partial charge on any atom is 0.453 e. The molecule has 3 aromatic rings. The summed E-state index contributed by atoms with van der Waals surface area (Å²) in [6.45, 7) is 0. The lowest BCUT2D eigenvalue weighted by molar-refractivity contribution is -0.154. The molecule has 12 heteroatoms. The van der Waals surface area contributed by atoms with E-state index in [0.717, 1.165) is 12.1 Å². The largest absolute Gasteiger partial charge is 0.453 e. The van der Waals surface area contributed by atoms with E-state index in [4.69, 9.17) is 5.14 Å². The third-order valence-corrected chi connectivity index (χ3v) is 4.61. The van der Waals surface area contributed by atoms with Crippen molar-refractivity contribution in [2.75, 3.05) is 0 Å². The molecule has 3 rings (SSSR count). The zero-order chi connectivity index (χ0) is 20.9. The molecule has 0 radical (unpaired) electrons.